The molecule has 0 aliphatic heterocycles. The number of hydrogen-bond donors (Lipinski definition) is 0. The largest absolute Gasteiger partial charge is 0.207 e. The minimum absolute atomic E-state index is 0.289. The minimum Gasteiger partial charge on any atom is -0.207 e. The van der Waals surface area contributed by atoms with Gasteiger partial charge in [-0.2, -0.15) is 0 Å². The second-order valence-corrected chi connectivity index (χ2v) is 5.81. The zero-order valence-corrected chi connectivity index (χ0v) is 10.6. The molecule has 0 bridgehead atoms. The quantitative estimate of drug-likeness (QED) is 0.515. The highest BCUT2D eigenvalue weighted by Gasteiger charge is 2.20. The summed E-state index contributed by atoms with van der Waals surface area (Å²) in [5, 5.41) is 0. The van der Waals surface area contributed by atoms with Crippen LogP contribution in [0.3, 0.4) is 0 Å². The second kappa shape index (κ2) is 5.26. The summed E-state index contributed by atoms with van der Waals surface area (Å²) in [7, 11) is 0. The fourth-order valence-electron chi connectivity index (χ4n) is 2.41. The normalized spacial score (nSPS) is 26.4. The van der Waals surface area contributed by atoms with E-state index in [2.05, 4.69) is 15.9 Å². The first-order chi connectivity index (χ1) is 7.65. The van der Waals surface area contributed by atoms with Crippen molar-refractivity contribution >= 4 is 15.9 Å². The van der Waals surface area contributed by atoms with Gasteiger partial charge >= 0.3 is 0 Å². The maximum Gasteiger partial charge on any atom is 0.126 e. The fraction of sp³-hybridized carbons (Fsp3) is 0.538. The zero-order chi connectivity index (χ0) is 11.5. The molecule has 0 saturated heterocycles. The summed E-state index contributed by atoms with van der Waals surface area (Å²) in [5.41, 5.74) is 0.809. The summed E-state index contributed by atoms with van der Waals surface area (Å²) in [6.45, 7) is 0. The van der Waals surface area contributed by atoms with E-state index in [0.717, 1.165) is 37.3 Å². The van der Waals surface area contributed by atoms with Crippen LogP contribution < -0.4 is 0 Å². The molecule has 16 heavy (non-hydrogen) atoms. The number of alkyl halides is 1. The van der Waals surface area contributed by atoms with Gasteiger partial charge in [-0.25, -0.2) is 8.78 Å². The van der Waals surface area contributed by atoms with E-state index < -0.39 is 11.6 Å². The van der Waals surface area contributed by atoms with Crippen LogP contribution in [-0.4, -0.2) is 4.83 Å². The molecule has 0 heterocycles. The molecular weight excluding hydrogens is 274 g/mol. The molecule has 1 aliphatic carbocycles. The highest BCUT2D eigenvalue weighted by atomic mass is 79.9. The van der Waals surface area contributed by atoms with Gasteiger partial charge in [0.25, 0.3) is 0 Å². The summed E-state index contributed by atoms with van der Waals surface area (Å²) in [6, 6.07) is 3.88. The third-order valence-electron chi connectivity index (χ3n) is 3.22. The first-order valence-electron chi connectivity index (χ1n) is 5.75. The van der Waals surface area contributed by atoms with Gasteiger partial charge in [0, 0.05) is 10.9 Å². The van der Waals surface area contributed by atoms with Crippen molar-refractivity contribution < 1.29 is 8.78 Å². The minimum atomic E-state index is -0.467. The van der Waals surface area contributed by atoms with E-state index in [1.165, 1.54) is 18.6 Å². The lowest BCUT2D eigenvalue weighted by Crippen LogP contribution is -2.04. The molecule has 0 N–H and O–H groups in total. The van der Waals surface area contributed by atoms with Gasteiger partial charge in [-0.05, 0) is 42.9 Å². The molecule has 1 aromatic rings. The Hall–Kier alpha value is -0.440. The van der Waals surface area contributed by atoms with Gasteiger partial charge in [0.2, 0.25) is 0 Å². The maximum absolute atomic E-state index is 13.1. The summed E-state index contributed by atoms with van der Waals surface area (Å²) < 4.78 is 26.3. The Morgan fingerprint density at radius 2 is 1.62 bits per heavy atom. The zero-order valence-electron chi connectivity index (χ0n) is 9.06. The molecular formula is C13H15BrF2. The van der Waals surface area contributed by atoms with Crippen LogP contribution >= 0.6 is 15.9 Å². The third-order valence-corrected chi connectivity index (χ3v) is 4.05. The lowest BCUT2D eigenvalue weighted by atomic mass is 9.92. The molecule has 0 nitrogen and oxygen atoms in total. The molecule has 1 saturated carbocycles. The van der Waals surface area contributed by atoms with Gasteiger partial charge in [-0.3, -0.25) is 0 Å². The molecule has 2 unspecified atom stereocenters. The van der Waals surface area contributed by atoms with E-state index in [9.17, 15) is 8.78 Å². The molecule has 0 amide bonds. The van der Waals surface area contributed by atoms with Crippen molar-refractivity contribution in [1.29, 1.82) is 0 Å². The Morgan fingerprint density at radius 1 is 1.00 bits per heavy atom. The summed E-state index contributed by atoms with van der Waals surface area (Å²) in [4.78, 5) is 0.478. The van der Waals surface area contributed by atoms with E-state index >= 15 is 0 Å². The van der Waals surface area contributed by atoms with E-state index in [4.69, 9.17) is 0 Å². The number of halogens is 3. The van der Waals surface area contributed by atoms with Gasteiger partial charge in [0.15, 0.2) is 0 Å². The Morgan fingerprint density at radius 3 is 2.31 bits per heavy atom. The van der Waals surface area contributed by atoms with Crippen LogP contribution in [0.1, 0.15) is 43.6 Å². The summed E-state index contributed by atoms with van der Waals surface area (Å²) >= 11 is 3.63. The van der Waals surface area contributed by atoms with Gasteiger partial charge in [0.1, 0.15) is 11.6 Å². The second-order valence-electron chi connectivity index (χ2n) is 4.52. The van der Waals surface area contributed by atoms with Gasteiger partial charge in [-0.15, -0.1) is 0 Å². The van der Waals surface area contributed by atoms with Crippen LogP contribution in [0.2, 0.25) is 0 Å². The Balaban J connectivity index is 2.21. The van der Waals surface area contributed by atoms with Gasteiger partial charge in [0.05, 0.1) is 0 Å². The van der Waals surface area contributed by atoms with E-state index in [-0.39, 0.29) is 5.92 Å². The first kappa shape index (κ1) is 12.0. The van der Waals surface area contributed by atoms with E-state index in [1.807, 2.05) is 0 Å². The molecule has 0 spiro atoms. The monoisotopic (exact) mass is 288 g/mol. The van der Waals surface area contributed by atoms with E-state index in [1.54, 1.807) is 0 Å². The number of rotatable bonds is 1. The Kier molecular flexibility index (Phi) is 3.95. The van der Waals surface area contributed by atoms with Crippen molar-refractivity contribution in [2.45, 2.75) is 42.8 Å². The molecule has 0 radical (unpaired) electrons. The highest BCUT2D eigenvalue weighted by molar-refractivity contribution is 9.09. The summed E-state index contributed by atoms with van der Waals surface area (Å²) in [6.07, 6.45) is 5.51. The third kappa shape index (κ3) is 3.03. The standard InChI is InChI=1S/C13H15BrF2/c14-11-4-2-1-3-9(5-11)10-6-12(15)8-13(16)7-10/h6-9,11H,1-5H2. The number of hydrogen-bond acceptors (Lipinski definition) is 0. The van der Waals surface area contributed by atoms with Crippen LogP contribution in [0.25, 0.3) is 0 Å². The molecule has 0 aromatic heterocycles. The van der Waals surface area contributed by atoms with Crippen molar-refractivity contribution in [3.8, 4) is 0 Å². The average Bonchev–Trinajstić information content (AvgIpc) is 2.41. The van der Waals surface area contributed by atoms with E-state index in [0.29, 0.717) is 4.83 Å². The summed E-state index contributed by atoms with van der Waals surface area (Å²) in [5.74, 6) is -0.646. The molecule has 1 aromatic carbocycles. The molecule has 88 valence electrons. The molecule has 1 fully saturated rings. The Labute approximate surface area is 103 Å². The van der Waals surface area contributed by atoms with Gasteiger partial charge < -0.3 is 0 Å². The lowest BCUT2D eigenvalue weighted by molar-refractivity contribution is 0.555. The van der Waals surface area contributed by atoms with Crippen LogP contribution in [-0.2, 0) is 0 Å². The smallest absolute Gasteiger partial charge is 0.126 e. The van der Waals surface area contributed by atoms with Crippen molar-refractivity contribution in [2.75, 3.05) is 0 Å². The number of benzene rings is 1. The van der Waals surface area contributed by atoms with Crippen LogP contribution in [0.15, 0.2) is 18.2 Å². The highest BCUT2D eigenvalue weighted by Crippen LogP contribution is 2.35. The van der Waals surface area contributed by atoms with Crippen molar-refractivity contribution in [1.82, 2.24) is 0 Å². The molecule has 3 heteroatoms. The SMILES string of the molecule is Fc1cc(F)cc(C2CCCCC(Br)C2)c1. The molecule has 2 atom stereocenters. The van der Waals surface area contributed by atoms with Gasteiger partial charge in [-0.1, -0.05) is 28.8 Å². The molecule has 2 rings (SSSR count). The average molecular weight is 289 g/mol. The predicted molar refractivity (Wildman–Crippen MR) is 64.9 cm³/mol. The first-order valence-corrected chi connectivity index (χ1v) is 6.67. The van der Waals surface area contributed by atoms with Crippen molar-refractivity contribution in [2.24, 2.45) is 0 Å². The topological polar surface area (TPSA) is 0 Å². The maximum atomic E-state index is 13.1. The molecule has 1 aliphatic rings. The predicted octanol–water partition coefficient (Wildman–Crippen LogP) is 4.78. The van der Waals surface area contributed by atoms with Crippen LogP contribution in [0.4, 0.5) is 8.78 Å². The van der Waals surface area contributed by atoms with Crippen LogP contribution in [0.5, 0.6) is 0 Å². The lowest BCUT2D eigenvalue weighted by Gasteiger charge is -2.16. The van der Waals surface area contributed by atoms with Crippen molar-refractivity contribution in [3.05, 3.63) is 35.4 Å². The Bertz CT molecular complexity index is 345. The fourth-order valence-corrected chi connectivity index (χ4v) is 3.19. The van der Waals surface area contributed by atoms with Crippen molar-refractivity contribution in [3.63, 3.8) is 0 Å². The van der Waals surface area contributed by atoms with Crippen LogP contribution in [0, 0.1) is 11.6 Å².